The van der Waals surface area contributed by atoms with Gasteiger partial charge in [-0.25, -0.2) is 0 Å². The van der Waals surface area contributed by atoms with Crippen LogP contribution in [-0.2, 0) is 14.3 Å². The minimum absolute atomic E-state index is 0.0177. The second-order valence-electron chi connectivity index (χ2n) is 3.28. The van der Waals surface area contributed by atoms with Crippen molar-refractivity contribution in [3.8, 4) is 0 Å². The van der Waals surface area contributed by atoms with Crippen LogP contribution in [0, 0.1) is 0 Å². The van der Waals surface area contributed by atoms with Gasteiger partial charge in [0.2, 0.25) is 5.91 Å². The molecule has 5 heteroatoms. The molecule has 0 bridgehead atoms. The Hall–Kier alpha value is -1.10. The molecule has 0 heterocycles. The highest BCUT2D eigenvalue weighted by Crippen LogP contribution is 1.98. The fraction of sp³-hybridized carbons (Fsp3) is 0.800. The zero-order valence-electron chi connectivity index (χ0n) is 9.25. The number of esters is 1. The number of hydrogen-bond donors (Lipinski definition) is 2. The molecule has 0 aliphatic heterocycles. The summed E-state index contributed by atoms with van der Waals surface area (Å²) >= 11 is 0. The molecule has 0 aromatic rings. The molecule has 15 heavy (non-hydrogen) atoms. The molecular formula is C10H20N2O3. The molecule has 0 atom stereocenters. The van der Waals surface area contributed by atoms with Crippen LogP contribution in [0.3, 0.4) is 0 Å². The van der Waals surface area contributed by atoms with Gasteiger partial charge in [0.25, 0.3) is 0 Å². The number of hydrogen-bond acceptors (Lipinski definition) is 4. The lowest BCUT2D eigenvalue weighted by Gasteiger charge is -2.03. The number of nitrogens with two attached hydrogens (primary N) is 1. The highest BCUT2D eigenvalue weighted by atomic mass is 16.5. The third-order valence-corrected chi connectivity index (χ3v) is 1.99. The van der Waals surface area contributed by atoms with Gasteiger partial charge in [-0.1, -0.05) is 6.42 Å². The van der Waals surface area contributed by atoms with Crippen molar-refractivity contribution in [1.82, 2.24) is 5.32 Å². The molecule has 0 aromatic heterocycles. The summed E-state index contributed by atoms with van der Waals surface area (Å²) in [6.45, 7) is 1.02. The standard InChI is InChI=1S/C10H20N2O3/c1-15-10(14)6-8-12-9(13)5-3-2-4-7-11/h2-8,11H2,1H3,(H,12,13). The van der Waals surface area contributed by atoms with Gasteiger partial charge in [-0.15, -0.1) is 0 Å². The smallest absolute Gasteiger partial charge is 0.307 e. The number of carbonyl (C=O) groups is 2. The number of nitrogens with one attached hydrogen (secondary N) is 1. The summed E-state index contributed by atoms with van der Waals surface area (Å²) in [7, 11) is 1.33. The van der Waals surface area contributed by atoms with Gasteiger partial charge in [-0.2, -0.15) is 0 Å². The van der Waals surface area contributed by atoms with Gasteiger partial charge in [0.05, 0.1) is 13.5 Å². The van der Waals surface area contributed by atoms with Crippen LogP contribution in [0.5, 0.6) is 0 Å². The minimum Gasteiger partial charge on any atom is -0.469 e. The van der Waals surface area contributed by atoms with Crippen LogP contribution in [0.25, 0.3) is 0 Å². The topological polar surface area (TPSA) is 81.4 Å². The Kier molecular flexibility index (Phi) is 8.76. The number of rotatable bonds is 8. The average molecular weight is 216 g/mol. The van der Waals surface area contributed by atoms with Crippen molar-refractivity contribution in [1.29, 1.82) is 0 Å². The van der Waals surface area contributed by atoms with Crippen molar-refractivity contribution >= 4 is 11.9 Å². The predicted molar refractivity (Wildman–Crippen MR) is 57.2 cm³/mol. The van der Waals surface area contributed by atoms with Crippen LogP contribution in [-0.4, -0.2) is 32.1 Å². The van der Waals surface area contributed by atoms with E-state index in [0.29, 0.717) is 19.5 Å². The maximum absolute atomic E-state index is 11.2. The molecule has 1 amide bonds. The van der Waals surface area contributed by atoms with E-state index < -0.39 is 0 Å². The fourth-order valence-electron chi connectivity index (χ4n) is 1.10. The van der Waals surface area contributed by atoms with E-state index in [-0.39, 0.29) is 18.3 Å². The zero-order chi connectivity index (χ0) is 11.5. The lowest BCUT2D eigenvalue weighted by molar-refractivity contribution is -0.140. The third kappa shape index (κ3) is 9.21. The molecule has 0 aliphatic carbocycles. The summed E-state index contributed by atoms with van der Waals surface area (Å²) in [5.74, 6) is -0.325. The second-order valence-corrected chi connectivity index (χ2v) is 3.28. The van der Waals surface area contributed by atoms with E-state index in [9.17, 15) is 9.59 Å². The molecule has 3 N–H and O–H groups in total. The molecule has 0 fully saturated rings. The normalized spacial score (nSPS) is 9.73. The Morgan fingerprint density at radius 2 is 1.93 bits per heavy atom. The first-order valence-corrected chi connectivity index (χ1v) is 5.24. The van der Waals surface area contributed by atoms with Gasteiger partial charge in [-0.05, 0) is 19.4 Å². The fourth-order valence-corrected chi connectivity index (χ4v) is 1.10. The summed E-state index contributed by atoms with van der Waals surface area (Å²) < 4.78 is 4.44. The molecule has 0 aliphatic rings. The Labute approximate surface area is 90.4 Å². The average Bonchev–Trinajstić information content (AvgIpc) is 2.24. The molecular weight excluding hydrogens is 196 g/mol. The van der Waals surface area contributed by atoms with Crippen molar-refractivity contribution in [3.05, 3.63) is 0 Å². The molecule has 0 unspecified atom stereocenters. The largest absolute Gasteiger partial charge is 0.469 e. The van der Waals surface area contributed by atoms with E-state index in [1.54, 1.807) is 0 Å². The summed E-state index contributed by atoms with van der Waals surface area (Å²) in [6, 6.07) is 0. The second kappa shape index (κ2) is 9.45. The van der Waals surface area contributed by atoms with Crippen LogP contribution >= 0.6 is 0 Å². The third-order valence-electron chi connectivity index (χ3n) is 1.99. The maximum Gasteiger partial charge on any atom is 0.307 e. The maximum atomic E-state index is 11.2. The van der Waals surface area contributed by atoms with Gasteiger partial charge in [0, 0.05) is 13.0 Å². The first-order chi connectivity index (χ1) is 7.20. The minimum atomic E-state index is -0.307. The quantitative estimate of drug-likeness (QED) is 0.448. The van der Waals surface area contributed by atoms with Crippen molar-refractivity contribution < 1.29 is 14.3 Å². The molecule has 0 saturated carbocycles. The van der Waals surface area contributed by atoms with Crippen LogP contribution < -0.4 is 11.1 Å². The molecule has 0 saturated heterocycles. The molecule has 0 radical (unpaired) electrons. The molecule has 0 spiro atoms. The van der Waals surface area contributed by atoms with Gasteiger partial charge in [0.1, 0.15) is 0 Å². The Morgan fingerprint density at radius 1 is 1.20 bits per heavy atom. The van der Waals surface area contributed by atoms with E-state index in [4.69, 9.17) is 5.73 Å². The van der Waals surface area contributed by atoms with Crippen LogP contribution in [0.15, 0.2) is 0 Å². The van der Waals surface area contributed by atoms with Crippen molar-refractivity contribution in [3.63, 3.8) is 0 Å². The Balaban J connectivity index is 3.29. The van der Waals surface area contributed by atoms with Crippen molar-refractivity contribution in [2.45, 2.75) is 32.1 Å². The first kappa shape index (κ1) is 13.9. The Bertz CT molecular complexity index is 195. The number of carbonyl (C=O) groups excluding carboxylic acids is 2. The molecule has 0 rings (SSSR count). The monoisotopic (exact) mass is 216 g/mol. The summed E-state index contributed by atoms with van der Waals surface area (Å²) in [4.78, 5) is 21.9. The SMILES string of the molecule is COC(=O)CCNC(=O)CCCCCN. The van der Waals surface area contributed by atoms with Gasteiger partial charge < -0.3 is 15.8 Å². The molecule has 5 nitrogen and oxygen atoms in total. The highest BCUT2D eigenvalue weighted by Gasteiger charge is 2.03. The predicted octanol–water partition coefficient (Wildman–Crippen LogP) is 0.185. The zero-order valence-corrected chi connectivity index (χ0v) is 9.25. The Morgan fingerprint density at radius 3 is 2.53 bits per heavy atom. The van der Waals surface area contributed by atoms with Gasteiger partial charge in [-0.3, -0.25) is 9.59 Å². The van der Waals surface area contributed by atoms with Crippen molar-refractivity contribution in [2.75, 3.05) is 20.2 Å². The number of methoxy groups -OCH3 is 1. The van der Waals surface area contributed by atoms with E-state index >= 15 is 0 Å². The lowest BCUT2D eigenvalue weighted by Crippen LogP contribution is -2.26. The first-order valence-electron chi connectivity index (χ1n) is 5.24. The lowest BCUT2D eigenvalue weighted by atomic mass is 10.2. The summed E-state index contributed by atoms with van der Waals surface area (Å²) in [5, 5.41) is 2.65. The van der Waals surface area contributed by atoms with Crippen LogP contribution in [0.4, 0.5) is 0 Å². The molecule has 0 aromatic carbocycles. The summed E-state index contributed by atoms with van der Waals surface area (Å²) in [5.41, 5.74) is 5.32. The van der Waals surface area contributed by atoms with E-state index in [1.807, 2.05) is 0 Å². The number of amides is 1. The van der Waals surface area contributed by atoms with E-state index in [2.05, 4.69) is 10.1 Å². The number of ether oxygens (including phenoxy) is 1. The molecule has 88 valence electrons. The van der Waals surface area contributed by atoms with Gasteiger partial charge >= 0.3 is 5.97 Å². The van der Waals surface area contributed by atoms with Gasteiger partial charge in [0.15, 0.2) is 0 Å². The summed E-state index contributed by atoms with van der Waals surface area (Å²) in [6.07, 6.45) is 3.50. The van der Waals surface area contributed by atoms with Crippen LogP contribution in [0.2, 0.25) is 0 Å². The van der Waals surface area contributed by atoms with Crippen molar-refractivity contribution in [2.24, 2.45) is 5.73 Å². The van der Waals surface area contributed by atoms with E-state index in [1.165, 1.54) is 7.11 Å². The highest BCUT2D eigenvalue weighted by molar-refractivity contribution is 5.76. The number of unbranched alkanes of at least 4 members (excludes halogenated alkanes) is 2. The van der Waals surface area contributed by atoms with Crippen LogP contribution in [0.1, 0.15) is 32.1 Å². The van der Waals surface area contributed by atoms with E-state index in [0.717, 1.165) is 19.3 Å².